The molecule has 2 saturated heterocycles. The van der Waals surface area contributed by atoms with Gasteiger partial charge in [-0.25, -0.2) is 4.98 Å². The zero-order valence-electron chi connectivity index (χ0n) is 17.5. The molecule has 152 valence electrons. The van der Waals surface area contributed by atoms with Crippen LogP contribution in [0.2, 0.25) is 0 Å². The molecule has 5 rings (SSSR count). The molecule has 0 amide bonds. The lowest BCUT2D eigenvalue weighted by Gasteiger charge is -2.30. The molecule has 2 fully saturated rings. The summed E-state index contributed by atoms with van der Waals surface area (Å²) in [6.07, 6.45) is 7.81. The smallest absolute Gasteiger partial charge is 0.124 e. The van der Waals surface area contributed by atoms with Crippen LogP contribution in [0.4, 0.5) is 0 Å². The zero-order valence-corrected chi connectivity index (χ0v) is 17.5. The predicted octanol–water partition coefficient (Wildman–Crippen LogP) is 4.63. The van der Waals surface area contributed by atoms with E-state index in [9.17, 15) is 0 Å². The van der Waals surface area contributed by atoms with Crippen molar-refractivity contribution in [2.75, 3.05) is 20.1 Å². The van der Waals surface area contributed by atoms with E-state index in [0.29, 0.717) is 12.0 Å². The third kappa shape index (κ3) is 3.69. The van der Waals surface area contributed by atoms with E-state index in [1.165, 1.54) is 54.7 Å². The summed E-state index contributed by atoms with van der Waals surface area (Å²) in [5, 5.41) is 3.83. The molecule has 0 unspecified atom stereocenters. The predicted molar refractivity (Wildman–Crippen MR) is 117 cm³/mol. The Hall–Kier alpha value is -2.24. The largest absolute Gasteiger partial charge is 0.340 e. The minimum Gasteiger partial charge on any atom is -0.340 e. The number of aromatic amines is 1. The standard InChI is InChI=1S/C24H31N5/c1-16-6-5-13-25-22(16)19-9-4-10-21(26-19)24-27-20-8-3-7-18(23(20)28-24)17-11-14-29(2)15-12-17/h3,5-8,13,17,19,21,26H,4,9-12,14-15H2,1-2H3,(H,27,28)/t19-,21+/m0/s1. The van der Waals surface area contributed by atoms with Crippen LogP contribution in [-0.4, -0.2) is 40.0 Å². The first-order valence-corrected chi connectivity index (χ1v) is 11.0. The van der Waals surface area contributed by atoms with Crippen molar-refractivity contribution in [2.24, 2.45) is 0 Å². The van der Waals surface area contributed by atoms with Gasteiger partial charge in [-0.15, -0.1) is 0 Å². The number of rotatable bonds is 3. The van der Waals surface area contributed by atoms with Gasteiger partial charge in [0.25, 0.3) is 0 Å². The Morgan fingerprint density at radius 1 is 1.00 bits per heavy atom. The summed E-state index contributed by atoms with van der Waals surface area (Å²) in [4.78, 5) is 15.8. The second kappa shape index (κ2) is 7.88. The van der Waals surface area contributed by atoms with Crippen LogP contribution in [0.15, 0.2) is 36.5 Å². The summed E-state index contributed by atoms with van der Waals surface area (Å²) >= 11 is 0. The zero-order chi connectivity index (χ0) is 19.8. The highest BCUT2D eigenvalue weighted by Crippen LogP contribution is 2.35. The molecule has 2 N–H and O–H groups in total. The van der Waals surface area contributed by atoms with E-state index < -0.39 is 0 Å². The van der Waals surface area contributed by atoms with Gasteiger partial charge in [0.2, 0.25) is 0 Å². The highest BCUT2D eigenvalue weighted by Gasteiger charge is 2.28. The van der Waals surface area contributed by atoms with Gasteiger partial charge in [0.15, 0.2) is 0 Å². The SMILES string of the molecule is Cc1cccnc1[C@@H]1CCC[C@H](c2nc3cccc(C4CCN(C)CC4)c3[nH]2)N1. The van der Waals surface area contributed by atoms with Crippen molar-refractivity contribution in [3.05, 3.63) is 59.2 Å². The van der Waals surface area contributed by atoms with Gasteiger partial charge in [0, 0.05) is 6.20 Å². The molecule has 3 aromatic rings. The number of nitrogens with one attached hydrogen (secondary N) is 2. The summed E-state index contributed by atoms with van der Waals surface area (Å²) in [7, 11) is 2.22. The van der Waals surface area contributed by atoms with Gasteiger partial charge < -0.3 is 9.88 Å². The van der Waals surface area contributed by atoms with Gasteiger partial charge in [-0.2, -0.15) is 0 Å². The average Bonchev–Trinajstić information content (AvgIpc) is 3.19. The Balaban J connectivity index is 1.42. The molecule has 29 heavy (non-hydrogen) atoms. The molecule has 2 atom stereocenters. The number of piperidine rings is 2. The number of pyridine rings is 1. The number of H-pyrrole nitrogens is 1. The molecular formula is C24H31N5. The minimum absolute atomic E-state index is 0.257. The number of imidazole rings is 1. The maximum Gasteiger partial charge on any atom is 0.124 e. The fraction of sp³-hybridized carbons (Fsp3) is 0.500. The maximum atomic E-state index is 5.01. The number of likely N-dealkylation sites (tertiary alicyclic amines) is 1. The van der Waals surface area contributed by atoms with Crippen molar-refractivity contribution in [1.29, 1.82) is 0 Å². The molecule has 2 aliphatic heterocycles. The van der Waals surface area contributed by atoms with E-state index in [-0.39, 0.29) is 6.04 Å². The normalized spacial score (nSPS) is 24.2. The molecule has 4 heterocycles. The first kappa shape index (κ1) is 18.8. The quantitative estimate of drug-likeness (QED) is 0.686. The van der Waals surface area contributed by atoms with E-state index >= 15 is 0 Å². The number of para-hydroxylation sites is 1. The minimum atomic E-state index is 0.257. The Kier molecular flexibility index (Phi) is 5.10. The van der Waals surface area contributed by atoms with Gasteiger partial charge in [-0.1, -0.05) is 18.2 Å². The van der Waals surface area contributed by atoms with Crippen LogP contribution in [0.25, 0.3) is 11.0 Å². The second-order valence-corrected chi connectivity index (χ2v) is 8.85. The number of nitrogens with zero attached hydrogens (tertiary/aromatic N) is 3. The highest BCUT2D eigenvalue weighted by molar-refractivity contribution is 5.79. The lowest BCUT2D eigenvalue weighted by Crippen LogP contribution is -2.32. The van der Waals surface area contributed by atoms with Crippen molar-refractivity contribution >= 4 is 11.0 Å². The number of hydrogen-bond acceptors (Lipinski definition) is 4. The number of fused-ring (bicyclic) bond motifs is 1. The van der Waals surface area contributed by atoms with Crippen molar-refractivity contribution in [1.82, 2.24) is 25.2 Å². The Labute approximate surface area is 172 Å². The molecule has 5 nitrogen and oxygen atoms in total. The molecule has 0 aliphatic carbocycles. The fourth-order valence-electron chi connectivity index (χ4n) is 5.13. The van der Waals surface area contributed by atoms with E-state index in [2.05, 4.69) is 58.4 Å². The van der Waals surface area contributed by atoms with Crippen LogP contribution in [0.1, 0.15) is 72.8 Å². The molecule has 1 aromatic carbocycles. The number of benzene rings is 1. The first-order valence-electron chi connectivity index (χ1n) is 11.0. The summed E-state index contributed by atoms with van der Waals surface area (Å²) in [6, 6.07) is 11.4. The molecule has 2 aliphatic rings. The van der Waals surface area contributed by atoms with E-state index in [1.54, 1.807) is 0 Å². The van der Waals surface area contributed by atoms with Gasteiger partial charge >= 0.3 is 0 Å². The highest BCUT2D eigenvalue weighted by atomic mass is 15.1. The van der Waals surface area contributed by atoms with E-state index in [4.69, 9.17) is 4.98 Å². The lowest BCUT2D eigenvalue weighted by atomic mass is 9.89. The first-order chi connectivity index (χ1) is 14.2. The van der Waals surface area contributed by atoms with Crippen molar-refractivity contribution in [2.45, 2.75) is 57.0 Å². The molecule has 0 radical (unpaired) electrons. The summed E-state index contributed by atoms with van der Waals surface area (Å²) < 4.78 is 0. The number of aryl methyl sites for hydroxylation is 1. The van der Waals surface area contributed by atoms with Gasteiger partial charge in [0.05, 0.1) is 28.8 Å². The van der Waals surface area contributed by atoms with Crippen molar-refractivity contribution in [3.63, 3.8) is 0 Å². The number of hydrogen-bond donors (Lipinski definition) is 2. The summed E-state index contributed by atoms with van der Waals surface area (Å²) in [6.45, 7) is 4.51. The monoisotopic (exact) mass is 389 g/mol. The van der Waals surface area contributed by atoms with Gasteiger partial charge in [0.1, 0.15) is 5.82 Å². The molecule has 5 heteroatoms. The molecule has 2 aromatic heterocycles. The van der Waals surface area contributed by atoms with Crippen LogP contribution in [-0.2, 0) is 0 Å². The Morgan fingerprint density at radius 2 is 1.83 bits per heavy atom. The molecule has 0 spiro atoms. The summed E-state index contributed by atoms with van der Waals surface area (Å²) in [5.41, 5.74) is 6.24. The summed E-state index contributed by atoms with van der Waals surface area (Å²) in [5.74, 6) is 1.71. The fourth-order valence-corrected chi connectivity index (χ4v) is 5.13. The molecular weight excluding hydrogens is 358 g/mol. The van der Waals surface area contributed by atoms with E-state index in [1.807, 2.05) is 12.3 Å². The van der Waals surface area contributed by atoms with Crippen molar-refractivity contribution in [3.8, 4) is 0 Å². The third-order valence-electron chi connectivity index (χ3n) is 6.83. The number of aromatic nitrogens is 3. The van der Waals surface area contributed by atoms with Crippen LogP contribution in [0.5, 0.6) is 0 Å². The van der Waals surface area contributed by atoms with Gasteiger partial charge in [-0.05, 0) is 88.3 Å². The van der Waals surface area contributed by atoms with Crippen LogP contribution < -0.4 is 5.32 Å². The van der Waals surface area contributed by atoms with Crippen LogP contribution >= 0.6 is 0 Å². The maximum absolute atomic E-state index is 5.01. The molecule has 0 saturated carbocycles. The topological polar surface area (TPSA) is 56.8 Å². The second-order valence-electron chi connectivity index (χ2n) is 8.85. The molecule has 0 bridgehead atoms. The van der Waals surface area contributed by atoms with Gasteiger partial charge in [-0.3, -0.25) is 10.3 Å². The Bertz CT molecular complexity index is 986. The Morgan fingerprint density at radius 3 is 2.66 bits per heavy atom. The van der Waals surface area contributed by atoms with Crippen LogP contribution in [0.3, 0.4) is 0 Å². The third-order valence-corrected chi connectivity index (χ3v) is 6.83. The van der Waals surface area contributed by atoms with Crippen LogP contribution in [0, 0.1) is 6.92 Å². The van der Waals surface area contributed by atoms with E-state index in [0.717, 1.165) is 24.2 Å². The average molecular weight is 390 g/mol. The lowest BCUT2D eigenvalue weighted by molar-refractivity contribution is 0.256. The van der Waals surface area contributed by atoms with Crippen molar-refractivity contribution < 1.29 is 0 Å².